The van der Waals surface area contributed by atoms with Crippen LogP contribution in [0.1, 0.15) is 11.1 Å². The Morgan fingerprint density at radius 3 is 2.65 bits per heavy atom. The van der Waals surface area contributed by atoms with E-state index in [0.29, 0.717) is 42.6 Å². The monoisotopic (exact) mass is 476 g/mol. The molecule has 174 valence electrons. The molecular formula is C27H25ClN2O4. The predicted molar refractivity (Wildman–Crippen MR) is 133 cm³/mol. The largest absolute Gasteiger partial charge is 0.497 e. The molecule has 1 aliphatic heterocycles. The number of nitrogens with zero attached hydrogens (tertiary/aromatic N) is 1. The Morgan fingerprint density at radius 2 is 1.82 bits per heavy atom. The molecule has 0 saturated carbocycles. The van der Waals surface area contributed by atoms with E-state index in [0.717, 1.165) is 28.0 Å². The van der Waals surface area contributed by atoms with Crippen molar-refractivity contribution in [2.24, 2.45) is 0 Å². The van der Waals surface area contributed by atoms with Crippen LogP contribution >= 0.6 is 11.6 Å². The molecule has 1 atom stereocenters. The zero-order valence-corrected chi connectivity index (χ0v) is 19.5. The molecule has 1 aliphatic rings. The molecule has 1 aromatic heterocycles. The van der Waals surface area contributed by atoms with Crippen LogP contribution in [0.3, 0.4) is 0 Å². The number of nitrogens with one attached hydrogen (secondary N) is 1. The Labute approximate surface area is 202 Å². The number of pyridine rings is 1. The Kier molecular flexibility index (Phi) is 6.43. The Bertz CT molecular complexity index is 1380. The standard InChI is InChI=1S/C27H25ClN2O4/c1-32-21-11-10-18-12-20(14-29-15-22-17-33-25-8-4-5-9-26(25)34-22)27(31)30(24(18)13-21)16-19-6-2-3-7-23(19)28/h2-13,22,29H,14-17H2,1H3/t22-/m1/s1. The van der Waals surface area contributed by atoms with Gasteiger partial charge in [0, 0.05) is 29.7 Å². The van der Waals surface area contributed by atoms with Crippen molar-refractivity contribution in [2.45, 2.75) is 19.2 Å². The van der Waals surface area contributed by atoms with Crippen LogP contribution < -0.4 is 25.1 Å². The second-order valence-corrected chi connectivity index (χ2v) is 8.61. The second-order valence-electron chi connectivity index (χ2n) is 8.21. The summed E-state index contributed by atoms with van der Waals surface area (Å²) in [5, 5.41) is 4.95. The van der Waals surface area contributed by atoms with Crippen molar-refractivity contribution in [3.63, 3.8) is 0 Å². The molecule has 0 radical (unpaired) electrons. The van der Waals surface area contributed by atoms with Gasteiger partial charge in [0.1, 0.15) is 18.5 Å². The molecule has 0 saturated heterocycles. The summed E-state index contributed by atoms with van der Waals surface area (Å²) < 4.78 is 19.0. The molecule has 7 heteroatoms. The number of ether oxygens (including phenoxy) is 3. The molecule has 34 heavy (non-hydrogen) atoms. The molecule has 1 N–H and O–H groups in total. The minimum atomic E-state index is -0.134. The van der Waals surface area contributed by atoms with Crippen molar-refractivity contribution in [3.8, 4) is 17.2 Å². The van der Waals surface area contributed by atoms with Crippen molar-refractivity contribution < 1.29 is 14.2 Å². The lowest BCUT2D eigenvalue weighted by Crippen LogP contribution is -2.39. The average molecular weight is 477 g/mol. The van der Waals surface area contributed by atoms with Crippen molar-refractivity contribution >= 4 is 22.5 Å². The van der Waals surface area contributed by atoms with Gasteiger partial charge in [-0.25, -0.2) is 0 Å². The number of hydrogen-bond acceptors (Lipinski definition) is 5. The number of benzene rings is 3. The molecule has 5 rings (SSSR count). The van der Waals surface area contributed by atoms with Crippen molar-refractivity contribution in [1.82, 2.24) is 9.88 Å². The van der Waals surface area contributed by atoms with E-state index in [2.05, 4.69) is 5.32 Å². The maximum Gasteiger partial charge on any atom is 0.255 e. The maximum atomic E-state index is 13.5. The Hall–Kier alpha value is -3.48. The Morgan fingerprint density at radius 1 is 1.03 bits per heavy atom. The zero-order valence-electron chi connectivity index (χ0n) is 18.8. The van der Waals surface area contributed by atoms with Crippen LogP contribution in [0.15, 0.2) is 77.6 Å². The molecule has 4 aromatic rings. The van der Waals surface area contributed by atoms with E-state index in [9.17, 15) is 4.79 Å². The zero-order chi connectivity index (χ0) is 23.5. The van der Waals surface area contributed by atoms with Crippen molar-refractivity contribution in [1.29, 1.82) is 0 Å². The molecule has 0 bridgehead atoms. The van der Waals surface area contributed by atoms with Gasteiger partial charge in [-0.15, -0.1) is 0 Å². The summed E-state index contributed by atoms with van der Waals surface area (Å²) in [4.78, 5) is 13.5. The molecule has 3 aromatic carbocycles. The summed E-state index contributed by atoms with van der Waals surface area (Å²) >= 11 is 6.40. The summed E-state index contributed by atoms with van der Waals surface area (Å²) in [7, 11) is 1.62. The first-order valence-electron chi connectivity index (χ1n) is 11.2. The summed E-state index contributed by atoms with van der Waals surface area (Å²) in [5.74, 6) is 2.19. The van der Waals surface area contributed by atoms with Gasteiger partial charge in [-0.05, 0) is 47.3 Å². The van der Waals surface area contributed by atoms with Gasteiger partial charge in [0.15, 0.2) is 11.5 Å². The first-order chi connectivity index (χ1) is 16.6. The van der Waals surface area contributed by atoms with Crippen LogP contribution in [-0.2, 0) is 13.1 Å². The SMILES string of the molecule is COc1ccc2cc(CNC[C@@H]3COc4ccccc4O3)c(=O)n(Cc3ccccc3Cl)c2c1. The lowest BCUT2D eigenvalue weighted by atomic mass is 10.1. The highest BCUT2D eigenvalue weighted by atomic mass is 35.5. The fourth-order valence-electron chi connectivity index (χ4n) is 4.15. The van der Waals surface area contributed by atoms with Crippen molar-refractivity contribution in [2.75, 3.05) is 20.3 Å². The first-order valence-corrected chi connectivity index (χ1v) is 11.5. The van der Waals surface area contributed by atoms with Gasteiger partial charge in [-0.1, -0.05) is 41.9 Å². The van der Waals surface area contributed by atoms with Crippen LogP contribution in [0.25, 0.3) is 10.9 Å². The van der Waals surface area contributed by atoms with Gasteiger partial charge >= 0.3 is 0 Å². The van der Waals surface area contributed by atoms with Crippen LogP contribution in [0, 0.1) is 0 Å². The number of methoxy groups -OCH3 is 1. The third kappa shape index (κ3) is 4.60. The molecule has 6 nitrogen and oxygen atoms in total. The predicted octanol–water partition coefficient (Wildman–Crippen LogP) is 4.64. The van der Waals surface area contributed by atoms with E-state index < -0.39 is 0 Å². The van der Waals surface area contributed by atoms with Gasteiger partial charge in [-0.2, -0.15) is 0 Å². The number of halogens is 1. The van der Waals surface area contributed by atoms with Gasteiger partial charge in [0.05, 0.1) is 19.2 Å². The van der Waals surface area contributed by atoms with Gasteiger partial charge < -0.3 is 24.1 Å². The first kappa shape index (κ1) is 22.3. The summed E-state index contributed by atoms with van der Waals surface area (Å²) in [5.41, 5.74) is 2.28. The number of para-hydroxylation sites is 2. The van der Waals surface area contributed by atoms with Gasteiger partial charge in [0.25, 0.3) is 5.56 Å². The topological polar surface area (TPSA) is 61.7 Å². The minimum absolute atomic E-state index is 0.0701. The molecule has 0 fully saturated rings. The normalized spacial score (nSPS) is 14.8. The average Bonchev–Trinajstić information content (AvgIpc) is 2.87. The van der Waals surface area contributed by atoms with E-state index in [1.54, 1.807) is 11.7 Å². The van der Waals surface area contributed by atoms with Gasteiger partial charge in [-0.3, -0.25) is 4.79 Å². The van der Waals surface area contributed by atoms with Crippen LogP contribution in [0.2, 0.25) is 5.02 Å². The maximum absolute atomic E-state index is 13.5. The third-order valence-electron chi connectivity index (χ3n) is 5.92. The molecule has 0 spiro atoms. The van der Waals surface area contributed by atoms with Crippen LogP contribution in [0.5, 0.6) is 17.2 Å². The van der Waals surface area contributed by atoms with Gasteiger partial charge in [0.2, 0.25) is 0 Å². The fourth-order valence-corrected chi connectivity index (χ4v) is 4.35. The van der Waals surface area contributed by atoms with E-state index in [4.69, 9.17) is 25.8 Å². The van der Waals surface area contributed by atoms with Crippen LogP contribution in [0.4, 0.5) is 0 Å². The minimum Gasteiger partial charge on any atom is -0.497 e. The molecular weight excluding hydrogens is 452 g/mol. The highest BCUT2D eigenvalue weighted by Gasteiger charge is 2.20. The fraction of sp³-hybridized carbons (Fsp3) is 0.222. The molecule has 0 unspecified atom stereocenters. The Balaban J connectivity index is 1.40. The molecule has 0 amide bonds. The third-order valence-corrected chi connectivity index (χ3v) is 6.29. The number of rotatable bonds is 7. The summed E-state index contributed by atoms with van der Waals surface area (Å²) in [6.07, 6.45) is -0.134. The highest BCUT2D eigenvalue weighted by Crippen LogP contribution is 2.30. The van der Waals surface area contributed by atoms with Crippen LogP contribution in [-0.4, -0.2) is 30.9 Å². The highest BCUT2D eigenvalue weighted by molar-refractivity contribution is 6.31. The quantitative estimate of drug-likeness (QED) is 0.421. The smallest absolute Gasteiger partial charge is 0.255 e. The summed E-state index contributed by atoms with van der Waals surface area (Å²) in [6.45, 7) is 1.79. The lowest BCUT2D eigenvalue weighted by Gasteiger charge is -2.26. The summed E-state index contributed by atoms with van der Waals surface area (Å²) in [6, 6.07) is 22.9. The number of hydrogen-bond donors (Lipinski definition) is 1. The van der Waals surface area contributed by atoms with E-state index in [-0.39, 0.29) is 11.7 Å². The van der Waals surface area contributed by atoms with Crippen molar-refractivity contribution in [3.05, 3.63) is 99.3 Å². The molecule has 0 aliphatic carbocycles. The number of fused-ring (bicyclic) bond motifs is 2. The molecule has 2 heterocycles. The van der Waals surface area contributed by atoms with E-state index in [1.165, 1.54) is 0 Å². The van der Waals surface area contributed by atoms with E-state index in [1.807, 2.05) is 72.8 Å². The van der Waals surface area contributed by atoms with E-state index >= 15 is 0 Å². The lowest BCUT2D eigenvalue weighted by molar-refractivity contribution is 0.0902. The second kappa shape index (κ2) is 9.79. The number of aromatic nitrogens is 1.